The molecule has 1 fully saturated rings. The van der Waals surface area contributed by atoms with E-state index >= 15 is 0 Å². The molecule has 82 heavy (non-hydrogen) atoms. The molecule has 1 heterocycles. The zero-order valence-electron chi connectivity index (χ0n) is 48.7. The number of carbonyl (C=O) groups is 11. The first-order chi connectivity index (χ1) is 38.7. The van der Waals surface area contributed by atoms with Gasteiger partial charge in [-0.05, 0) is 57.9 Å². The summed E-state index contributed by atoms with van der Waals surface area (Å²) in [7, 11) is -3.97. The number of aliphatic hydroxyl groups excluding tert-OH is 2. The minimum absolute atomic E-state index is 0.000204. The number of unbranched alkanes of at least 4 members (excludes halogenated alkanes) is 9. The highest BCUT2D eigenvalue weighted by Crippen LogP contribution is 2.19. The van der Waals surface area contributed by atoms with E-state index < -0.39 is 174 Å². The predicted molar refractivity (Wildman–Crippen MR) is 300 cm³/mol. The Hall–Kier alpha value is -6.14. The average Bonchev–Trinajstić information content (AvgIpc) is 3.42. The Labute approximate surface area is 481 Å². The summed E-state index contributed by atoms with van der Waals surface area (Å²) >= 11 is 0. The van der Waals surface area contributed by atoms with Gasteiger partial charge in [-0.1, -0.05) is 104 Å². The third-order valence-electron chi connectivity index (χ3n) is 13.5. The van der Waals surface area contributed by atoms with Crippen LogP contribution < -0.4 is 54.0 Å². The van der Waals surface area contributed by atoms with Crippen molar-refractivity contribution in [1.82, 2.24) is 47.4 Å². The molecule has 9 atom stereocenters. The lowest BCUT2D eigenvalue weighted by molar-refractivity contribution is -0.156. The summed E-state index contributed by atoms with van der Waals surface area (Å²) in [5, 5.41) is 38.6. The van der Waals surface area contributed by atoms with Crippen LogP contribution in [0.15, 0.2) is 11.8 Å². The van der Waals surface area contributed by atoms with Gasteiger partial charge in [-0.15, -0.1) is 0 Å². The highest BCUT2D eigenvalue weighted by atomic mass is 32.2. The Morgan fingerprint density at radius 2 is 1.29 bits per heavy atom. The number of nitrogens with two attached hydrogens (primary N) is 2. The van der Waals surface area contributed by atoms with Gasteiger partial charge in [-0.25, -0.2) is 0 Å². The molecule has 0 saturated carbocycles. The van der Waals surface area contributed by atoms with Crippen LogP contribution in [0.25, 0.3) is 0 Å². The van der Waals surface area contributed by atoms with Gasteiger partial charge in [0, 0.05) is 20.0 Å². The summed E-state index contributed by atoms with van der Waals surface area (Å²) in [5.74, 6) is -13.6. The Morgan fingerprint density at radius 1 is 0.744 bits per heavy atom. The van der Waals surface area contributed by atoms with E-state index in [4.69, 9.17) is 16.2 Å². The number of hydrogen-bond acceptors (Lipinski definition) is 18. The monoisotopic (exact) mass is 1190 g/mol. The van der Waals surface area contributed by atoms with Crippen molar-refractivity contribution in [2.75, 3.05) is 45.6 Å². The normalized spacial score (nSPS) is 23.0. The number of ketones is 1. The first-order valence-corrected chi connectivity index (χ1v) is 29.9. The van der Waals surface area contributed by atoms with Crippen LogP contribution in [0.4, 0.5) is 0 Å². The fourth-order valence-electron chi connectivity index (χ4n) is 8.66. The van der Waals surface area contributed by atoms with E-state index in [1.165, 1.54) is 52.9 Å². The zero-order chi connectivity index (χ0) is 62.1. The Morgan fingerprint density at radius 3 is 1.83 bits per heavy atom. The molecule has 0 radical (unpaired) electrons. The number of aliphatic hydroxyl groups is 2. The molecule has 0 aromatic carbocycles. The number of esters is 1. The molecule has 0 aliphatic carbocycles. The molecule has 0 aromatic rings. The largest absolute Gasteiger partial charge is 0.459 e. The van der Waals surface area contributed by atoms with Crippen molar-refractivity contribution in [2.45, 2.75) is 199 Å². The number of amides is 9. The molecular weight excluding hydrogens is 1090 g/mol. The van der Waals surface area contributed by atoms with E-state index in [2.05, 4.69) is 56.4 Å². The maximum absolute atomic E-state index is 14.1. The Balaban J connectivity index is 3.58. The topological polar surface area (TPSA) is 443 Å². The summed E-state index contributed by atoms with van der Waals surface area (Å²) in [5.41, 5.74) is 11.0. The second-order valence-corrected chi connectivity index (χ2v) is 22.6. The number of likely N-dealkylation sites (N-methyl/N-ethyl adjacent to an activating group) is 1. The second-order valence-electron chi connectivity index (χ2n) is 21.1. The molecule has 1 aliphatic rings. The lowest BCUT2D eigenvalue weighted by Gasteiger charge is -2.29. The minimum Gasteiger partial charge on any atom is -0.459 e. The van der Waals surface area contributed by atoms with Gasteiger partial charge in [0.2, 0.25) is 47.3 Å². The summed E-state index contributed by atoms with van der Waals surface area (Å²) < 4.78 is 39.7. The van der Waals surface area contributed by atoms with Crippen molar-refractivity contribution >= 4 is 75.0 Å². The smallest absolute Gasteiger partial charge is 0.325 e. The van der Waals surface area contributed by atoms with E-state index in [1.54, 1.807) is 0 Å². The van der Waals surface area contributed by atoms with Crippen molar-refractivity contribution in [3.8, 4) is 0 Å². The number of cyclic esters (lactones) is 1. The Kier molecular flexibility index (Phi) is 35.5. The SMILES string of the molecule is CC=C1NC(=O)C(CN)NC(=O)C(CO)NC(=O)C(NC(=O)C(CS(=O)(=O)O)NC(=O)CC(=O)CCCCCCCCC(C)CCCCCC)C(C)OC(=O)CN(C)C(=O)C(CCCCN)NC(=O)C(CO)NC(=O)C(C(C)C)NC1=O. The van der Waals surface area contributed by atoms with Gasteiger partial charge in [0.1, 0.15) is 72.2 Å². The fourth-order valence-corrected chi connectivity index (χ4v) is 9.32. The maximum Gasteiger partial charge on any atom is 0.325 e. The van der Waals surface area contributed by atoms with Crippen molar-refractivity contribution in [3.05, 3.63) is 11.8 Å². The van der Waals surface area contributed by atoms with E-state index in [9.17, 15) is 75.9 Å². The van der Waals surface area contributed by atoms with Crippen LogP contribution in [0.5, 0.6) is 0 Å². The van der Waals surface area contributed by atoms with Crippen LogP contribution in [0.1, 0.15) is 151 Å². The molecule has 1 aliphatic heterocycles. The highest BCUT2D eigenvalue weighted by Gasteiger charge is 2.38. The van der Waals surface area contributed by atoms with E-state index in [0.29, 0.717) is 25.2 Å². The molecule has 0 spiro atoms. The first-order valence-electron chi connectivity index (χ1n) is 28.3. The number of rotatable bonds is 29. The molecule has 1 saturated heterocycles. The molecule has 1 rings (SSSR count). The van der Waals surface area contributed by atoms with E-state index in [0.717, 1.165) is 57.1 Å². The van der Waals surface area contributed by atoms with Gasteiger partial charge in [0.05, 0.1) is 19.6 Å². The van der Waals surface area contributed by atoms with Gasteiger partial charge >= 0.3 is 5.97 Å². The molecule has 28 nitrogen and oxygen atoms in total. The van der Waals surface area contributed by atoms with Crippen LogP contribution in [0, 0.1) is 11.8 Å². The summed E-state index contributed by atoms with van der Waals surface area (Å²) in [4.78, 5) is 150. The number of ether oxygens (including phenoxy) is 1. The molecule has 9 amide bonds. The first kappa shape index (κ1) is 73.9. The molecular formula is C53H93N11O17S. The molecule has 29 heteroatoms. The van der Waals surface area contributed by atoms with Crippen LogP contribution in [0.2, 0.25) is 0 Å². The molecule has 0 aromatic heterocycles. The molecule has 468 valence electrons. The summed E-state index contributed by atoms with van der Waals surface area (Å²) in [6.45, 7) is 6.36. The number of carbonyl (C=O) groups excluding carboxylic acids is 11. The van der Waals surface area contributed by atoms with Gasteiger partial charge in [0.25, 0.3) is 16.0 Å². The zero-order valence-corrected chi connectivity index (χ0v) is 49.5. The van der Waals surface area contributed by atoms with Gasteiger partial charge in [0.15, 0.2) is 0 Å². The van der Waals surface area contributed by atoms with Crippen molar-refractivity contribution in [2.24, 2.45) is 23.3 Å². The predicted octanol–water partition coefficient (Wildman–Crippen LogP) is -1.89. The van der Waals surface area contributed by atoms with Crippen molar-refractivity contribution < 1.29 is 80.7 Å². The second kappa shape index (κ2) is 39.4. The summed E-state index contributed by atoms with van der Waals surface area (Å²) in [6.07, 6.45) is 11.6. The van der Waals surface area contributed by atoms with Gasteiger partial charge in [-0.2, -0.15) is 8.42 Å². The van der Waals surface area contributed by atoms with E-state index in [1.807, 2.05) is 0 Å². The molecule has 9 unspecified atom stereocenters. The van der Waals surface area contributed by atoms with E-state index in [-0.39, 0.29) is 25.8 Å². The third kappa shape index (κ3) is 28.7. The van der Waals surface area contributed by atoms with Gasteiger partial charge in [-0.3, -0.25) is 57.3 Å². The number of Topliss-reactive ketones (excluding diaryl/α,β-unsaturated/α-hetero) is 1. The number of hydrogen-bond donors (Lipinski definition) is 13. The minimum atomic E-state index is -5.11. The van der Waals surface area contributed by atoms with Crippen LogP contribution in [-0.4, -0.2) is 187 Å². The molecule has 0 bridgehead atoms. The quantitative estimate of drug-likeness (QED) is 0.0128. The molecule has 15 N–H and O–H groups in total. The third-order valence-corrected chi connectivity index (χ3v) is 14.3. The van der Waals surface area contributed by atoms with Crippen LogP contribution in [-0.2, 0) is 67.6 Å². The van der Waals surface area contributed by atoms with Crippen LogP contribution in [0.3, 0.4) is 0 Å². The number of allylic oxidation sites excluding steroid dienone is 1. The number of nitrogens with one attached hydrogen (secondary N) is 8. The van der Waals surface area contributed by atoms with Crippen molar-refractivity contribution in [1.29, 1.82) is 0 Å². The lowest BCUT2D eigenvalue weighted by Crippen LogP contribution is -2.63. The fraction of sp³-hybridized carbons (Fsp3) is 0.755. The maximum atomic E-state index is 14.1. The summed E-state index contributed by atoms with van der Waals surface area (Å²) in [6, 6.07) is -12.6. The number of nitrogens with zero attached hydrogens (tertiary/aromatic N) is 1. The highest BCUT2D eigenvalue weighted by molar-refractivity contribution is 7.85. The van der Waals surface area contributed by atoms with Crippen LogP contribution >= 0.6 is 0 Å². The van der Waals surface area contributed by atoms with Gasteiger partial charge < -0.3 is 73.9 Å². The standard InChI is InChI=1S/C53H93N11O17S/c1-8-10-11-16-21-33(5)22-17-14-12-13-15-18-23-35(67)26-42(68)56-41(31-82(78,79)80)50(74)63-45-34(6)81-43(69)28-64(7)53(77)37(24-19-20-25-54)58-48(72)39(29-65)60-51(75)44(32(3)4)62-46(70)36(9-2)57-47(71)38(27-55)59-49(73)40(30-66)61-52(45)76/h9,32-34,37-41,44-45,65-66H,8,10-31,54-55H2,1-7H3,(H,56,68)(H,57,71)(H,58,72)(H,59,73)(H,60,75)(H,61,76)(H,62,70)(H,63,74)(H,78,79,80). The van der Waals surface area contributed by atoms with Crippen molar-refractivity contribution in [3.63, 3.8) is 0 Å². The average molecular weight is 1190 g/mol. The lowest BCUT2D eigenvalue weighted by atomic mass is 9.96. The Bertz CT molecular complexity index is 2270.